The lowest BCUT2D eigenvalue weighted by molar-refractivity contribution is 0.103. The average Bonchev–Trinajstić information content (AvgIpc) is 2.41. The fourth-order valence-corrected chi connectivity index (χ4v) is 2.61. The van der Waals surface area contributed by atoms with E-state index in [9.17, 15) is 9.18 Å². The standard InChI is InChI=1S/C14H9Br2FO2/c1-19-8-5-6-9(11(15)7-8)14(18)10-3-2-4-12(17)13(10)16/h2-7H,1H3. The van der Waals surface area contributed by atoms with Gasteiger partial charge in [0.1, 0.15) is 11.6 Å². The summed E-state index contributed by atoms with van der Waals surface area (Å²) < 4.78 is 19.3. The fourth-order valence-electron chi connectivity index (χ4n) is 1.63. The number of hydrogen-bond donors (Lipinski definition) is 0. The molecule has 0 aliphatic heterocycles. The molecule has 2 rings (SSSR count). The number of rotatable bonds is 3. The lowest BCUT2D eigenvalue weighted by Gasteiger charge is -2.08. The number of carbonyl (C=O) groups is 1. The molecule has 0 aliphatic carbocycles. The molecule has 2 aromatic rings. The number of halogens is 3. The van der Waals surface area contributed by atoms with Crippen molar-refractivity contribution in [3.8, 4) is 5.75 Å². The monoisotopic (exact) mass is 386 g/mol. The van der Waals surface area contributed by atoms with Crippen LogP contribution in [0.5, 0.6) is 5.75 Å². The van der Waals surface area contributed by atoms with Crippen molar-refractivity contribution >= 4 is 37.6 Å². The molecule has 0 radical (unpaired) electrons. The van der Waals surface area contributed by atoms with Crippen LogP contribution in [0.2, 0.25) is 0 Å². The maximum absolute atomic E-state index is 13.4. The summed E-state index contributed by atoms with van der Waals surface area (Å²) in [6.07, 6.45) is 0. The van der Waals surface area contributed by atoms with Gasteiger partial charge in [-0.25, -0.2) is 4.39 Å². The smallest absolute Gasteiger partial charge is 0.195 e. The van der Waals surface area contributed by atoms with Crippen molar-refractivity contribution in [2.45, 2.75) is 0 Å². The van der Waals surface area contributed by atoms with Crippen molar-refractivity contribution in [3.05, 3.63) is 62.3 Å². The summed E-state index contributed by atoms with van der Waals surface area (Å²) in [5, 5.41) is 0. The quantitative estimate of drug-likeness (QED) is 0.720. The zero-order valence-corrected chi connectivity index (χ0v) is 13.1. The summed E-state index contributed by atoms with van der Waals surface area (Å²) in [6, 6.07) is 9.40. The minimum absolute atomic E-state index is 0.169. The third-order valence-electron chi connectivity index (χ3n) is 2.62. The molecule has 0 amide bonds. The molecule has 0 unspecified atom stereocenters. The molecule has 0 spiro atoms. The van der Waals surface area contributed by atoms with E-state index in [1.807, 2.05) is 0 Å². The molecular formula is C14H9Br2FO2. The molecule has 0 saturated carbocycles. The van der Waals surface area contributed by atoms with Gasteiger partial charge in [0.2, 0.25) is 0 Å². The van der Waals surface area contributed by atoms with Crippen molar-refractivity contribution in [2.75, 3.05) is 7.11 Å². The van der Waals surface area contributed by atoms with Crippen LogP contribution in [-0.4, -0.2) is 12.9 Å². The van der Waals surface area contributed by atoms with E-state index >= 15 is 0 Å². The highest BCUT2D eigenvalue weighted by atomic mass is 79.9. The van der Waals surface area contributed by atoms with Gasteiger partial charge in [0, 0.05) is 15.6 Å². The van der Waals surface area contributed by atoms with Gasteiger partial charge in [-0.15, -0.1) is 0 Å². The third-order valence-corrected chi connectivity index (χ3v) is 4.08. The lowest BCUT2D eigenvalue weighted by Crippen LogP contribution is -2.04. The van der Waals surface area contributed by atoms with Gasteiger partial charge in [0.15, 0.2) is 5.78 Å². The van der Waals surface area contributed by atoms with E-state index in [2.05, 4.69) is 31.9 Å². The van der Waals surface area contributed by atoms with Crippen molar-refractivity contribution in [3.63, 3.8) is 0 Å². The van der Waals surface area contributed by atoms with Crippen molar-refractivity contribution in [1.29, 1.82) is 0 Å². The van der Waals surface area contributed by atoms with E-state index in [1.165, 1.54) is 12.1 Å². The predicted molar refractivity (Wildman–Crippen MR) is 78.2 cm³/mol. The van der Waals surface area contributed by atoms with Crippen LogP contribution in [0.4, 0.5) is 4.39 Å². The Morgan fingerprint density at radius 2 is 1.89 bits per heavy atom. The van der Waals surface area contributed by atoms with E-state index in [1.54, 1.807) is 31.4 Å². The molecule has 19 heavy (non-hydrogen) atoms. The Labute approximate surface area is 126 Å². The Kier molecular flexibility index (Phi) is 4.37. The first-order valence-electron chi connectivity index (χ1n) is 5.37. The molecule has 0 aromatic heterocycles. The number of benzene rings is 2. The Hall–Kier alpha value is -1.20. The maximum atomic E-state index is 13.4. The topological polar surface area (TPSA) is 26.3 Å². The van der Waals surface area contributed by atoms with E-state index < -0.39 is 5.82 Å². The molecule has 0 saturated heterocycles. The number of carbonyl (C=O) groups excluding carboxylic acids is 1. The second-order valence-electron chi connectivity index (χ2n) is 3.78. The molecule has 5 heteroatoms. The number of ether oxygens (including phenoxy) is 1. The van der Waals surface area contributed by atoms with E-state index in [-0.39, 0.29) is 15.8 Å². The van der Waals surface area contributed by atoms with Gasteiger partial charge in [0.05, 0.1) is 11.6 Å². The highest BCUT2D eigenvalue weighted by Gasteiger charge is 2.17. The molecule has 0 N–H and O–H groups in total. The van der Waals surface area contributed by atoms with Crippen LogP contribution in [0.3, 0.4) is 0 Å². The molecule has 0 fully saturated rings. The summed E-state index contributed by atoms with van der Waals surface area (Å²) in [5.74, 6) is -0.0851. The van der Waals surface area contributed by atoms with E-state index in [0.29, 0.717) is 15.8 Å². The predicted octanol–water partition coefficient (Wildman–Crippen LogP) is 4.59. The first kappa shape index (κ1) is 14.2. The number of methoxy groups -OCH3 is 1. The highest BCUT2D eigenvalue weighted by molar-refractivity contribution is 9.11. The molecule has 0 heterocycles. The van der Waals surface area contributed by atoms with Gasteiger partial charge >= 0.3 is 0 Å². The van der Waals surface area contributed by atoms with Gasteiger partial charge in [-0.2, -0.15) is 0 Å². The Balaban J connectivity index is 2.47. The summed E-state index contributed by atoms with van der Waals surface area (Å²) in [6.45, 7) is 0. The van der Waals surface area contributed by atoms with Crippen LogP contribution < -0.4 is 4.74 Å². The van der Waals surface area contributed by atoms with Gasteiger partial charge in [-0.05, 0) is 62.2 Å². The molecule has 2 aromatic carbocycles. The van der Waals surface area contributed by atoms with Crippen LogP contribution in [0.15, 0.2) is 45.3 Å². The molecular weight excluding hydrogens is 379 g/mol. The van der Waals surface area contributed by atoms with Crippen molar-refractivity contribution in [2.24, 2.45) is 0 Å². The minimum atomic E-state index is -0.463. The zero-order chi connectivity index (χ0) is 14.0. The normalized spacial score (nSPS) is 10.3. The SMILES string of the molecule is COc1ccc(C(=O)c2cccc(F)c2Br)c(Br)c1. The molecule has 0 atom stereocenters. The van der Waals surface area contributed by atoms with Gasteiger partial charge in [-0.1, -0.05) is 6.07 Å². The molecule has 0 bridgehead atoms. The third kappa shape index (κ3) is 2.87. The molecule has 2 nitrogen and oxygen atoms in total. The summed E-state index contributed by atoms with van der Waals surface area (Å²) >= 11 is 6.41. The van der Waals surface area contributed by atoms with Crippen molar-refractivity contribution < 1.29 is 13.9 Å². The van der Waals surface area contributed by atoms with Gasteiger partial charge in [0.25, 0.3) is 0 Å². The first-order valence-corrected chi connectivity index (χ1v) is 6.95. The largest absolute Gasteiger partial charge is 0.497 e. The molecule has 98 valence electrons. The lowest BCUT2D eigenvalue weighted by atomic mass is 10.0. The van der Waals surface area contributed by atoms with E-state index in [0.717, 1.165) is 0 Å². The summed E-state index contributed by atoms with van der Waals surface area (Å²) in [5.41, 5.74) is 0.734. The van der Waals surface area contributed by atoms with Gasteiger partial charge in [-0.3, -0.25) is 4.79 Å². The van der Waals surface area contributed by atoms with Gasteiger partial charge < -0.3 is 4.74 Å². The minimum Gasteiger partial charge on any atom is -0.497 e. The highest BCUT2D eigenvalue weighted by Crippen LogP contribution is 2.28. The van der Waals surface area contributed by atoms with Crippen LogP contribution in [0, 0.1) is 5.82 Å². The van der Waals surface area contributed by atoms with Crippen LogP contribution >= 0.6 is 31.9 Å². The van der Waals surface area contributed by atoms with E-state index in [4.69, 9.17) is 4.74 Å². The first-order chi connectivity index (χ1) is 9.04. The summed E-state index contributed by atoms with van der Waals surface area (Å²) in [7, 11) is 1.55. The zero-order valence-electron chi connectivity index (χ0n) is 9.91. The summed E-state index contributed by atoms with van der Waals surface area (Å²) in [4.78, 5) is 12.4. The fraction of sp³-hybridized carbons (Fsp3) is 0.0714. The number of hydrogen-bond acceptors (Lipinski definition) is 2. The Morgan fingerprint density at radius 1 is 1.16 bits per heavy atom. The Morgan fingerprint density at radius 3 is 2.53 bits per heavy atom. The van der Waals surface area contributed by atoms with Crippen LogP contribution in [-0.2, 0) is 0 Å². The Bertz CT molecular complexity index is 641. The van der Waals surface area contributed by atoms with Crippen LogP contribution in [0.1, 0.15) is 15.9 Å². The van der Waals surface area contributed by atoms with Crippen molar-refractivity contribution in [1.82, 2.24) is 0 Å². The van der Waals surface area contributed by atoms with Crippen LogP contribution in [0.25, 0.3) is 0 Å². The average molecular weight is 388 g/mol. The molecule has 0 aliphatic rings. The second kappa shape index (κ2) is 5.84. The second-order valence-corrected chi connectivity index (χ2v) is 5.42. The maximum Gasteiger partial charge on any atom is 0.195 e. The number of ketones is 1.